The van der Waals surface area contributed by atoms with Crippen molar-refractivity contribution in [1.82, 2.24) is 4.90 Å². The van der Waals surface area contributed by atoms with Crippen molar-refractivity contribution < 1.29 is 17.9 Å². The smallest absolute Gasteiger partial charge is 0.194 e. The molecule has 0 aromatic heterocycles. The first-order chi connectivity index (χ1) is 12.1. The lowest BCUT2D eigenvalue weighted by Gasteiger charge is -2.44. The summed E-state index contributed by atoms with van der Waals surface area (Å²) in [5.74, 6) is -3.72. The fraction of sp³-hybridized carbons (Fsp3) is 0.300. The molecule has 5 heteroatoms. The zero-order valence-electron chi connectivity index (χ0n) is 13.6. The van der Waals surface area contributed by atoms with Gasteiger partial charge in [-0.25, -0.2) is 13.2 Å². The van der Waals surface area contributed by atoms with Gasteiger partial charge < -0.3 is 4.74 Å². The number of hydrogen-bond donors (Lipinski definition) is 0. The molecule has 2 bridgehead atoms. The monoisotopic (exact) mass is 345 g/mol. The highest BCUT2D eigenvalue weighted by molar-refractivity contribution is 5.68. The molecule has 2 unspecified atom stereocenters. The average Bonchev–Trinajstić information content (AvgIpc) is 2.60. The van der Waals surface area contributed by atoms with Crippen LogP contribution in [0.1, 0.15) is 17.5 Å². The van der Waals surface area contributed by atoms with E-state index in [1.54, 1.807) is 0 Å². The molecule has 2 heterocycles. The molecule has 2 aliphatic heterocycles. The first-order valence-corrected chi connectivity index (χ1v) is 8.35. The van der Waals surface area contributed by atoms with E-state index in [0.717, 1.165) is 24.3 Å². The van der Waals surface area contributed by atoms with Gasteiger partial charge in [0.05, 0.1) is 19.3 Å². The van der Waals surface area contributed by atoms with Crippen LogP contribution < -0.4 is 0 Å². The van der Waals surface area contributed by atoms with Crippen LogP contribution in [0.5, 0.6) is 0 Å². The molecule has 2 aromatic carbocycles. The van der Waals surface area contributed by atoms with Gasteiger partial charge in [-0.15, -0.1) is 0 Å². The zero-order valence-corrected chi connectivity index (χ0v) is 13.6. The molecule has 0 saturated carbocycles. The highest BCUT2D eigenvalue weighted by Gasteiger charge is 2.35. The van der Waals surface area contributed by atoms with E-state index < -0.39 is 17.5 Å². The normalized spacial score (nSPS) is 23.4. The van der Waals surface area contributed by atoms with E-state index in [2.05, 4.69) is 17.0 Å². The molecule has 25 heavy (non-hydrogen) atoms. The Kier molecular flexibility index (Phi) is 4.36. The summed E-state index contributed by atoms with van der Waals surface area (Å²) in [6, 6.07) is 12.5. The van der Waals surface area contributed by atoms with Gasteiger partial charge in [-0.05, 0) is 35.3 Å². The van der Waals surface area contributed by atoms with Crippen molar-refractivity contribution in [2.45, 2.75) is 25.0 Å². The summed E-state index contributed by atoms with van der Waals surface area (Å²) in [6.45, 7) is 1.92. The number of morpholine rings is 1. The van der Waals surface area contributed by atoms with Crippen molar-refractivity contribution in [3.05, 3.63) is 77.1 Å². The Labute approximate surface area is 144 Å². The minimum Gasteiger partial charge on any atom is -0.378 e. The van der Waals surface area contributed by atoms with Crippen LogP contribution in [0.25, 0.3) is 5.57 Å². The predicted octanol–water partition coefficient (Wildman–Crippen LogP) is 4.16. The maximum Gasteiger partial charge on any atom is 0.194 e. The second-order valence-electron chi connectivity index (χ2n) is 6.57. The molecule has 2 aliphatic rings. The molecule has 0 amide bonds. The van der Waals surface area contributed by atoms with Crippen molar-refractivity contribution in [3.8, 4) is 0 Å². The first-order valence-electron chi connectivity index (χ1n) is 8.35. The lowest BCUT2D eigenvalue weighted by atomic mass is 9.89. The number of rotatable bonds is 3. The Bertz CT molecular complexity index is 783. The van der Waals surface area contributed by atoms with E-state index in [1.807, 2.05) is 24.3 Å². The minimum absolute atomic E-state index is 0.0406. The van der Waals surface area contributed by atoms with Crippen LogP contribution in [0.3, 0.4) is 0 Å². The van der Waals surface area contributed by atoms with Gasteiger partial charge in [0.1, 0.15) is 0 Å². The van der Waals surface area contributed by atoms with Crippen LogP contribution >= 0.6 is 0 Å². The highest BCUT2D eigenvalue weighted by Crippen LogP contribution is 2.34. The molecule has 1 fully saturated rings. The molecule has 0 N–H and O–H groups in total. The molecule has 1 saturated heterocycles. The Balaban J connectivity index is 1.63. The van der Waals surface area contributed by atoms with Crippen LogP contribution in [-0.4, -0.2) is 30.2 Å². The molecule has 4 rings (SSSR count). The van der Waals surface area contributed by atoms with Gasteiger partial charge in [0.15, 0.2) is 17.5 Å². The predicted molar refractivity (Wildman–Crippen MR) is 89.3 cm³/mol. The third-order valence-corrected chi connectivity index (χ3v) is 4.91. The van der Waals surface area contributed by atoms with Crippen LogP contribution in [-0.2, 0) is 11.3 Å². The van der Waals surface area contributed by atoms with Gasteiger partial charge in [0.25, 0.3) is 0 Å². The van der Waals surface area contributed by atoms with Crippen molar-refractivity contribution >= 4 is 5.57 Å². The summed E-state index contributed by atoms with van der Waals surface area (Å²) in [5, 5.41) is 0. The Morgan fingerprint density at radius 2 is 1.72 bits per heavy atom. The maximum atomic E-state index is 13.6. The molecule has 2 nitrogen and oxygen atoms in total. The maximum absolute atomic E-state index is 13.6. The molecule has 2 atom stereocenters. The van der Waals surface area contributed by atoms with Crippen LogP contribution in [0.2, 0.25) is 0 Å². The Morgan fingerprint density at radius 1 is 1.00 bits per heavy atom. The number of halogens is 3. The van der Waals surface area contributed by atoms with Gasteiger partial charge in [-0.2, -0.15) is 0 Å². The first kappa shape index (κ1) is 16.4. The average molecular weight is 345 g/mol. The summed E-state index contributed by atoms with van der Waals surface area (Å²) in [6.07, 6.45) is 2.61. The van der Waals surface area contributed by atoms with Crippen LogP contribution in [0.4, 0.5) is 13.2 Å². The topological polar surface area (TPSA) is 12.5 Å². The largest absolute Gasteiger partial charge is 0.378 e. The molecular formula is C20H18F3NO. The van der Waals surface area contributed by atoms with Crippen LogP contribution in [0, 0.1) is 17.5 Å². The van der Waals surface area contributed by atoms with Gasteiger partial charge >= 0.3 is 0 Å². The number of nitrogens with zero attached hydrogens (tertiary/aromatic N) is 1. The van der Waals surface area contributed by atoms with Gasteiger partial charge in [-0.3, -0.25) is 4.90 Å². The third-order valence-electron chi connectivity index (χ3n) is 4.91. The van der Waals surface area contributed by atoms with E-state index in [9.17, 15) is 13.2 Å². The number of hydrogen-bond acceptors (Lipinski definition) is 2. The van der Waals surface area contributed by atoms with Gasteiger partial charge in [0.2, 0.25) is 0 Å². The van der Waals surface area contributed by atoms with Crippen molar-refractivity contribution in [3.63, 3.8) is 0 Å². The zero-order chi connectivity index (χ0) is 17.4. The third kappa shape index (κ3) is 3.22. The standard InChI is InChI=1S/C20H18F3NO/c21-18-8-15(9-19(22)20(18)23)14-6-16-11-25-12-17(7-14)24(16)10-13-4-2-1-3-5-13/h1-6,8-9,16-17H,7,10-12H2. The van der Waals surface area contributed by atoms with E-state index in [0.29, 0.717) is 25.2 Å². The molecule has 0 aliphatic carbocycles. The van der Waals surface area contributed by atoms with Gasteiger partial charge in [0, 0.05) is 12.6 Å². The number of ether oxygens (including phenoxy) is 1. The summed E-state index contributed by atoms with van der Waals surface area (Å²) in [5.41, 5.74) is 2.48. The van der Waals surface area contributed by atoms with E-state index in [-0.39, 0.29) is 12.1 Å². The van der Waals surface area contributed by atoms with E-state index >= 15 is 0 Å². The highest BCUT2D eigenvalue weighted by atomic mass is 19.2. The molecular weight excluding hydrogens is 327 g/mol. The fourth-order valence-electron chi connectivity index (χ4n) is 3.66. The quantitative estimate of drug-likeness (QED) is 0.775. The summed E-state index contributed by atoms with van der Waals surface area (Å²) in [4.78, 5) is 2.36. The Morgan fingerprint density at radius 3 is 2.40 bits per heavy atom. The second-order valence-corrected chi connectivity index (χ2v) is 6.57. The lowest BCUT2D eigenvalue weighted by Crippen LogP contribution is -2.53. The lowest BCUT2D eigenvalue weighted by molar-refractivity contribution is -0.0402. The molecule has 0 radical (unpaired) electrons. The summed E-state index contributed by atoms with van der Waals surface area (Å²) >= 11 is 0. The van der Waals surface area contributed by atoms with E-state index in [1.165, 1.54) is 5.56 Å². The van der Waals surface area contributed by atoms with E-state index in [4.69, 9.17) is 4.74 Å². The number of fused-ring (bicyclic) bond motifs is 2. The fourth-order valence-corrected chi connectivity index (χ4v) is 3.66. The summed E-state index contributed by atoms with van der Waals surface area (Å²) < 4.78 is 46.0. The Hall–Kier alpha value is -2.11. The molecule has 2 aromatic rings. The van der Waals surface area contributed by atoms with Crippen LogP contribution in [0.15, 0.2) is 48.5 Å². The SMILES string of the molecule is Fc1cc(C2=CC3COCC(C2)N3Cc2ccccc2)cc(F)c1F. The number of benzene rings is 2. The molecule has 0 spiro atoms. The van der Waals surface area contributed by atoms with Crippen molar-refractivity contribution in [1.29, 1.82) is 0 Å². The van der Waals surface area contributed by atoms with Crippen molar-refractivity contribution in [2.24, 2.45) is 0 Å². The second kappa shape index (κ2) is 6.65. The van der Waals surface area contributed by atoms with Gasteiger partial charge in [-0.1, -0.05) is 36.4 Å². The summed E-state index contributed by atoms with van der Waals surface area (Å²) in [7, 11) is 0. The van der Waals surface area contributed by atoms with Crippen molar-refractivity contribution in [2.75, 3.05) is 13.2 Å². The molecule has 130 valence electrons. The minimum atomic E-state index is -1.42.